The van der Waals surface area contributed by atoms with Crippen LogP contribution in [-0.2, 0) is 13.1 Å². The number of aromatic nitrogens is 3. The van der Waals surface area contributed by atoms with Crippen molar-refractivity contribution in [2.45, 2.75) is 31.8 Å². The number of aryl methyl sites for hydroxylation is 2. The van der Waals surface area contributed by atoms with E-state index in [4.69, 9.17) is 13.9 Å². The summed E-state index contributed by atoms with van der Waals surface area (Å²) >= 11 is 4.34. The minimum atomic E-state index is -0.208. The Morgan fingerprint density at radius 1 is 1.08 bits per heavy atom. The molecule has 11 heteroatoms. The zero-order chi connectivity index (χ0) is 26.1. The van der Waals surface area contributed by atoms with E-state index in [1.165, 1.54) is 0 Å². The lowest BCUT2D eigenvalue weighted by Gasteiger charge is -2.33. The second-order valence-electron chi connectivity index (χ2n) is 8.42. The number of carbonyl (C=O) groups excluding carboxylic acids is 1. The number of nitrogens with zero attached hydrogens (tertiary/aromatic N) is 5. The molecule has 10 nitrogen and oxygen atoms in total. The van der Waals surface area contributed by atoms with Crippen LogP contribution >= 0.6 is 12.6 Å². The van der Waals surface area contributed by atoms with Gasteiger partial charge in [-0.15, -0.1) is 22.8 Å². The van der Waals surface area contributed by atoms with Crippen molar-refractivity contribution in [1.29, 1.82) is 0 Å². The van der Waals surface area contributed by atoms with Crippen LogP contribution in [0.2, 0.25) is 0 Å². The highest BCUT2D eigenvalue weighted by Crippen LogP contribution is 2.23. The van der Waals surface area contributed by atoms with Gasteiger partial charge in [0.25, 0.3) is 0 Å². The van der Waals surface area contributed by atoms with Gasteiger partial charge < -0.3 is 24.1 Å². The summed E-state index contributed by atoms with van der Waals surface area (Å²) in [5.41, 5.74) is 3.43. The molecule has 1 aromatic carbocycles. The molecular formula is C25H34N6O4S. The number of benzene rings is 1. The van der Waals surface area contributed by atoms with Gasteiger partial charge in [0.05, 0.1) is 20.8 Å². The molecule has 1 aliphatic rings. The third kappa shape index (κ3) is 7.42. The lowest BCUT2D eigenvalue weighted by Crippen LogP contribution is -2.48. The van der Waals surface area contributed by atoms with E-state index in [1.807, 2.05) is 44.3 Å². The first-order valence-electron chi connectivity index (χ1n) is 11.7. The lowest BCUT2D eigenvalue weighted by molar-refractivity contribution is 0.0588. The molecule has 1 fully saturated rings. The van der Waals surface area contributed by atoms with Crippen molar-refractivity contribution >= 4 is 18.5 Å². The summed E-state index contributed by atoms with van der Waals surface area (Å²) in [5.74, 6) is 1.77. The molecule has 4 rings (SSSR count). The normalized spacial score (nSPS) is 13.7. The maximum Gasteiger partial charge on any atom is 0.311 e. The smallest absolute Gasteiger partial charge is 0.311 e. The molecule has 3 aromatic rings. The molecule has 1 saturated heterocycles. The summed E-state index contributed by atoms with van der Waals surface area (Å²) < 4.78 is 15.5. The van der Waals surface area contributed by atoms with Gasteiger partial charge in [0.2, 0.25) is 11.8 Å². The van der Waals surface area contributed by atoms with Gasteiger partial charge in [-0.05, 0) is 49.7 Å². The maximum absolute atomic E-state index is 12.4. The van der Waals surface area contributed by atoms with Crippen molar-refractivity contribution < 1.29 is 18.7 Å². The lowest BCUT2D eigenvalue weighted by atomic mass is 10.1. The molecule has 1 aliphatic heterocycles. The minimum Gasteiger partial charge on any atom is -0.497 e. The van der Waals surface area contributed by atoms with Gasteiger partial charge >= 0.3 is 11.8 Å². The van der Waals surface area contributed by atoms with Crippen molar-refractivity contribution in [2.24, 2.45) is 0 Å². The molecule has 3 heterocycles. The van der Waals surface area contributed by atoms with Crippen LogP contribution in [0.4, 0.5) is 0 Å². The van der Waals surface area contributed by atoms with Crippen LogP contribution in [-0.4, -0.2) is 78.3 Å². The van der Waals surface area contributed by atoms with Crippen LogP contribution < -0.4 is 14.8 Å². The predicted molar refractivity (Wildman–Crippen MR) is 139 cm³/mol. The highest BCUT2D eigenvalue weighted by atomic mass is 32.1. The Hall–Kier alpha value is -3.15. The van der Waals surface area contributed by atoms with E-state index in [9.17, 15) is 4.79 Å². The SMILES string of the molecule is CNCc1nnc(C(=O)N2CCN(Cc3ccc(OC)nc3)CC2)o1.COc1cc(C)c(S)c(C)c1. The second-order valence-corrected chi connectivity index (χ2v) is 8.87. The Morgan fingerprint density at radius 2 is 1.78 bits per heavy atom. The zero-order valence-electron chi connectivity index (χ0n) is 21.4. The number of thiol groups is 1. The van der Waals surface area contributed by atoms with Gasteiger partial charge in [0.15, 0.2) is 0 Å². The number of methoxy groups -OCH3 is 2. The Kier molecular flexibility index (Phi) is 10.1. The van der Waals surface area contributed by atoms with Crippen molar-refractivity contribution in [3.8, 4) is 11.6 Å². The third-order valence-electron chi connectivity index (χ3n) is 5.75. The summed E-state index contributed by atoms with van der Waals surface area (Å²) in [6.45, 7) is 8.13. The van der Waals surface area contributed by atoms with Gasteiger partial charge in [0.1, 0.15) is 5.75 Å². The number of pyridine rings is 1. The molecule has 0 atom stereocenters. The van der Waals surface area contributed by atoms with Crippen LogP contribution in [0.3, 0.4) is 0 Å². The van der Waals surface area contributed by atoms with Crippen molar-refractivity contribution in [1.82, 2.24) is 30.3 Å². The highest BCUT2D eigenvalue weighted by molar-refractivity contribution is 7.80. The molecule has 0 saturated carbocycles. The van der Waals surface area contributed by atoms with E-state index in [1.54, 1.807) is 26.2 Å². The predicted octanol–water partition coefficient (Wildman–Crippen LogP) is 2.75. The Labute approximate surface area is 217 Å². The first-order chi connectivity index (χ1) is 17.3. The monoisotopic (exact) mass is 514 g/mol. The number of carbonyl (C=O) groups is 1. The van der Waals surface area contributed by atoms with Crippen LogP contribution in [0.1, 0.15) is 33.3 Å². The van der Waals surface area contributed by atoms with Crippen LogP contribution in [0.15, 0.2) is 39.8 Å². The summed E-state index contributed by atoms with van der Waals surface area (Å²) in [6, 6.07) is 7.82. The average molecular weight is 515 g/mol. The summed E-state index contributed by atoms with van der Waals surface area (Å²) in [6.07, 6.45) is 1.82. The standard InChI is InChI=1S/C16H22N6O3.C9H12OS/c1-17-10-14-19-20-15(25-14)16(23)22-7-5-21(6-8-22)11-12-3-4-13(24-2)18-9-12;1-6-4-8(10-3)5-7(2)9(6)11/h3-4,9,17H,5-8,10-11H2,1-2H3;4-5,11H,1-3H3. The average Bonchev–Trinajstić information content (AvgIpc) is 3.37. The number of nitrogens with one attached hydrogen (secondary N) is 1. The van der Waals surface area contributed by atoms with Crippen molar-refractivity contribution in [2.75, 3.05) is 47.4 Å². The number of hydrogen-bond acceptors (Lipinski definition) is 10. The molecule has 194 valence electrons. The fourth-order valence-corrected chi connectivity index (χ4v) is 3.85. The van der Waals surface area contributed by atoms with E-state index >= 15 is 0 Å². The van der Waals surface area contributed by atoms with Crippen LogP contribution in [0, 0.1) is 13.8 Å². The minimum absolute atomic E-state index is 0.0538. The van der Waals surface area contributed by atoms with E-state index in [0.717, 1.165) is 47.0 Å². The number of piperazine rings is 1. The Morgan fingerprint density at radius 3 is 2.33 bits per heavy atom. The van der Waals surface area contributed by atoms with Gasteiger partial charge in [-0.25, -0.2) is 4.98 Å². The topological polar surface area (TPSA) is 106 Å². The molecule has 0 spiro atoms. The molecule has 0 unspecified atom stereocenters. The quantitative estimate of drug-likeness (QED) is 0.461. The third-order valence-corrected chi connectivity index (χ3v) is 6.46. The highest BCUT2D eigenvalue weighted by Gasteiger charge is 2.26. The molecule has 0 radical (unpaired) electrons. The number of rotatable bonds is 7. The molecule has 36 heavy (non-hydrogen) atoms. The zero-order valence-corrected chi connectivity index (χ0v) is 22.3. The number of ether oxygens (including phenoxy) is 2. The van der Waals surface area contributed by atoms with E-state index < -0.39 is 0 Å². The molecule has 1 N–H and O–H groups in total. The van der Waals surface area contributed by atoms with Crippen LogP contribution in [0.5, 0.6) is 11.6 Å². The first-order valence-corrected chi connectivity index (χ1v) is 12.1. The van der Waals surface area contributed by atoms with Gasteiger partial charge in [-0.3, -0.25) is 9.69 Å². The molecule has 0 aliphatic carbocycles. The fraction of sp³-hybridized carbons (Fsp3) is 0.440. The van der Waals surface area contributed by atoms with E-state index in [0.29, 0.717) is 31.4 Å². The van der Waals surface area contributed by atoms with Gasteiger partial charge in [0, 0.05) is 49.9 Å². The molecule has 0 bridgehead atoms. The summed E-state index contributed by atoms with van der Waals surface area (Å²) in [5, 5.41) is 10.6. The van der Waals surface area contributed by atoms with Crippen molar-refractivity contribution in [3.05, 3.63) is 58.9 Å². The van der Waals surface area contributed by atoms with E-state index in [2.05, 4.69) is 38.0 Å². The number of hydrogen-bond donors (Lipinski definition) is 2. The molecule has 2 aromatic heterocycles. The Bertz CT molecular complexity index is 1110. The molecule has 1 amide bonds. The maximum atomic E-state index is 12.4. The fourth-order valence-electron chi connectivity index (χ4n) is 3.72. The molecular weight excluding hydrogens is 480 g/mol. The van der Waals surface area contributed by atoms with E-state index in [-0.39, 0.29) is 11.8 Å². The number of amides is 1. The van der Waals surface area contributed by atoms with Gasteiger partial charge in [-0.1, -0.05) is 6.07 Å². The van der Waals surface area contributed by atoms with Crippen molar-refractivity contribution in [3.63, 3.8) is 0 Å². The second kappa shape index (κ2) is 13.2. The first kappa shape index (κ1) is 27.4. The van der Waals surface area contributed by atoms with Crippen LogP contribution in [0.25, 0.3) is 0 Å². The summed E-state index contributed by atoms with van der Waals surface area (Å²) in [7, 11) is 5.05. The summed E-state index contributed by atoms with van der Waals surface area (Å²) in [4.78, 5) is 21.7. The largest absolute Gasteiger partial charge is 0.497 e. The Balaban J connectivity index is 0.000000275. The van der Waals surface area contributed by atoms with Gasteiger partial charge in [-0.2, -0.15) is 0 Å².